The molecule has 98 valence electrons. The molecule has 0 atom stereocenters. The monoisotopic (exact) mass is 384 g/mol. The minimum absolute atomic E-state index is 0.0342. The first-order valence-electron chi connectivity index (χ1n) is 5.70. The lowest BCUT2D eigenvalue weighted by atomic mass is 10.0. The molecular weight excluding hydrogens is 375 g/mol. The zero-order valence-corrected chi connectivity index (χ0v) is 13.4. The van der Waals surface area contributed by atoms with Gasteiger partial charge in [-0.05, 0) is 42.8 Å². The fourth-order valence-corrected chi connectivity index (χ4v) is 2.83. The standard InChI is InChI=1S/C15H11Br2FO/c1-9-2-3-14(17)13(4-9)15(19)7-10-5-11(16)8-12(18)6-10/h2-6,8H,7H2,1H3. The molecule has 0 aliphatic rings. The Hall–Kier alpha value is -1.000. The summed E-state index contributed by atoms with van der Waals surface area (Å²) in [6.07, 6.45) is 0.179. The van der Waals surface area contributed by atoms with Gasteiger partial charge in [-0.1, -0.05) is 43.5 Å². The van der Waals surface area contributed by atoms with Crippen molar-refractivity contribution in [2.24, 2.45) is 0 Å². The van der Waals surface area contributed by atoms with Gasteiger partial charge in [-0.2, -0.15) is 0 Å². The summed E-state index contributed by atoms with van der Waals surface area (Å²) in [4.78, 5) is 12.2. The maximum absolute atomic E-state index is 13.3. The van der Waals surface area contributed by atoms with Crippen LogP contribution in [0.2, 0.25) is 0 Å². The summed E-state index contributed by atoms with van der Waals surface area (Å²) in [5.74, 6) is -0.381. The number of Topliss-reactive ketones (excluding diaryl/α,β-unsaturated/α-hetero) is 1. The minimum atomic E-state index is -0.347. The van der Waals surface area contributed by atoms with Gasteiger partial charge in [0.2, 0.25) is 0 Å². The van der Waals surface area contributed by atoms with Crippen LogP contribution in [-0.4, -0.2) is 5.78 Å². The first-order valence-corrected chi connectivity index (χ1v) is 7.28. The number of halogens is 3. The number of rotatable bonds is 3. The summed E-state index contributed by atoms with van der Waals surface area (Å²) in [7, 11) is 0. The van der Waals surface area contributed by atoms with Crippen LogP contribution >= 0.6 is 31.9 Å². The number of benzene rings is 2. The van der Waals surface area contributed by atoms with Crippen molar-refractivity contribution in [2.45, 2.75) is 13.3 Å². The highest BCUT2D eigenvalue weighted by molar-refractivity contribution is 9.10. The van der Waals surface area contributed by atoms with E-state index in [1.807, 2.05) is 25.1 Å². The highest BCUT2D eigenvalue weighted by Crippen LogP contribution is 2.21. The maximum Gasteiger partial charge on any atom is 0.168 e. The molecule has 0 N–H and O–H groups in total. The summed E-state index contributed by atoms with van der Waals surface area (Å²) in [5.41, 5.74) is 2.30. The Labute approximate surface area is 128 Å². The van der Waals surface area contributed by atoms with Crippen molar-refractivity contribution in [1.82, 2.24) is 0 Å². The van der Waals surface area contributed by atoms with Gasteiger partial charge in [-0.25, -0.2) is 4.39 Å². The summed E-state index contributed by atoms with van der Waals surface area (Å²) in [6.45, 7) is 1.93. The van der Waals surface area contributed by atoms with E-state index in [1.54, 1.807) is 6.07 Å². The maximum atomic E-state index is 13.3. The second-order valence-corrected chi connectivity index (χ2v) is 6.13. The summed E-state index contributed by atoms with van der Waals surface area (Å²) in [6, 6.07) is 10.1. The molecule has 4 heteroatoms. The van der Waals surface area contributed by atoms with Crippen molar-refractivity contribution in [1.29, 1.82) is 0 Å². The third kappa shape index (κ3) is 3.74. The Morgan fingerprint density at radius 1 is 1.16 bits per heavy atom. The Kier molecular flexibility index (Phi) is 4.53. The Morgan fingerprint density at radius 2 is 1.89 bits per heavy atom. The lowest BCUT2D eigenvalue weighted by molar-refractivity contribution is 0.0992. The van der Waals surface area contributed by atoms with Crippen LogP contribution in [-0.2, 0) is 6.42 Å². The molecule has 0 bridgehead atoms. The lowest BCUT2D eigenvalue weighted by Crippen LogP contribution is -2.05. The predicted molar refractivity (Wildman–Crippen MR) is 81.0 cm³/mol. The number of carbonyl (C=O) groups is 1. The Bertz CT molecular complexity index is 618. The van der Waals surface area contributed by atoms with Crippen molar-refractivity contribution in [3.05, 3.63) is 67.9 Å². The van der Waals surface area contributed by atoms with Gasteiger partial charge in [-0.15, -0.1) is 0 Å². The van der Waals surface area contributed by atoms with Gasteiger partial charge in [0.05, 0.1) is 0 Å². The van der Waals surface area contributed by atoms with Gasteiger partial charge >= 0.3 is 0 Å². The smallest absolute Gasteiger partial charge is 0.168 e. The molecule has 0 aliphatic carbocycles. The van der Waals surface area contributed by atoms with E-state index in [1.165, 1.54) is 12.1 Å². The lowest BCUT2D eigenvalue weighted by Gasteiger charge is -2.06. The highest BCUT2D eigenvalue weighted by Gasteiger charge is 2.12. The third-order valence-corrected chi connectivity index (χ3v) is 3.86. The van der Waals surface area contributed by atoms with Crippen LogP contribution < -0.4 is 0 Å². The number of ketones is 1. The molecular formula is C15H11Br2FO. The summed E-state index contributed by atoms with van der Waals surface area (Å²) >= 11 is 6.59. The largest absolute Gasteiger partial charge is 0.294 e. The highest BCUT2D eigenvalue weighted by atomic mass is 79.9. The van der Waals surface area contributed by atoms with E-state index in [9.17, 15) is 9.18 Å². The van der Waals surface area contributed by atoms with Gasteiger partial charge in [0.1, 0.15) is 5.82 Å². The Balaban J connectivity index is 2.28. The number of hydrogen-bond acceptors (Lipinski definition) is 1. The normalized spacial score (nSPS) is 10.5. The molecule has 0 aromatic heterocycles. The van der Waals surface area contributed by atoms with E-state index in [-0.39, 0.29) is 18.0 Å². The van der Waals surface area contributed by atoms with Gasteiger partial charge in [0, 0.05) is 20.9 Å². The summed E-state index contributed by atoms with van der Waals surface area (Å²) in [5, 5.41) is 0. The zero-order chi connectivity index (χ0) is 14.0. The van der Waals surface area contributed by atoms with E-state index in [0.717, 1.165) is 10.0 Å². The van der Waals surface area contributed by atoms with Crippen LogP contribution in [0.3, 0.4) is 0 Å². The van der Waals surface area contributed by atoms with Crippen LogP contribution in [0, 0.1) is 12.7 Å². The summed E-state index contributed by atoms with van der Waals surface area (Å²) < 4.78 is 14.7. The molecule has 0 saturated carbocycles. The minimum Gasteiger partial charge on any atom is -0.294 e. The topological polar surface area (TPSA) is 17.1 Å². The fourth-order valence-electron chi connectivity index (χ4n) is 1.85. The molecule has 1 nitrogen and oxygen atoms in total. The predicted octanol–water partition coefficient (Wildman–Crippen LogP) is 5.08. The van der Waals surface area contributed by atoms with E-state index >= 15 is 0 Å². The molecule has 0 amide bonds. The first-order chi connectivity index (χ1) is 8.95. The van der Waals surface area contributed by atoms with Gasteiger partial charge < -0.3 is 0 Å². The molecule has 2 rings (SSSR count). The van der Waals surface area contributed by atoms with Crippen molar-refractivity contribution in [3.8, 4) is 0 Å². The van der Waals surface area contributed by atoms with Crippen LogP contribution in [0.4, 0.5) is 4.39 Å². The average molecular weight is 386 g/mol. The van der Waals surface area contributed by atoms with E-state index < -0.39 is 0 Å². The number of carbonyl (C=O) groups excluding carboxylic acids is 1. The van der Waals surface area contributed by atoms with Gasteiger partial charge in [-0.3, -0.25) is 4.79 Å². The molecule has 0 heterocycles. The third-order valence-electron chi connectivity index (χ3n) is 2.71. The van der Waals surface area contributed by atoms with Crippen molar-refractivity contribution < 1.29 is 9.18 Å². The van der Waals surface area contributed by atoms with E-state index in [0.29, 0.717) is 15.6 Å². The molecule has 0 fully saturated rings. The SMILES string of the molecule is Cc1ccc(Br)c(C(=O)Cc2cc(F)cc(Br)c2)c1. The molecule has 0 saturated heterocycles. The average Bonchev–Trinajstić information content (AvgIpc) is 2.30. The molecule has 2 aromatic rings. The van der Waals surface area contributed by atoms with Crippen molar-refractivity contribution >= 4 is 37.6 Å². The molecule has 19 heavy (non-hydrogen) atoms. The number of hydrogen-bond donors (Lipinski definition) is 0. The molecule has 2 aromatic carbocycles. The van der Waals surface area contributed by atoms with Crippen molar-refractivity contribution in [3.63, 3.8) is 0 Å². The second kappa shape index (κ2) is 5.97. The van der Waals surface area contributed by atoms with Crippen LogP contribution in [0.25, 0.3) is 0 Å². The van der Waals surface area contributed by atoms with Crippen LogP contribution in [0.1, 0.15) is 21.5 Å². The molecule has 0 spiro atoms. The zero-order valence-electron chi connectivity index (χ0n) is 10.2. The molecule has 0 radical (unpaired) electrons. The fraction of sp³-hybridized carbons (Fsp3) is 0.133. The van der Waals surface area contributed by atoms with E-state index in [2.05, 4.69) is 31.9 Å². The first kappa shape index (κ1) is 14.4. The van der Waals surface area contributed by atoms with Gasteiger partial charge in [0.25, 0.3) is 0 Å². The second-order valence-electron chi connectivity index (χ2n) is 4.36. The molecule has 0 unspecified atom stereocenters. The quantitative estimate of drug-likeness (QED) is 0.673. The number of aryl methyl sites for hydroxylation is 1. The molecule has 0 aliphatic heterocycles. The van der Waals surface area contributed by atoms with Crippen LogP contribution in [0.5, 0.6) is 0 Å². The van der Waals surface area contributed by atoms with Crippen LogP contribution in [0.15, 0.2) is 45.3 Å². The Morgan fingerprint density at radius 3 is 2.58 bits per heavy atom. The van der Waals surface area contributed by atoms with E-state index in [4.69, 9.17) is 0 Å². The van der Waals surface area contributed by atoms with Gasteiger partial charge in [0.15, 0.2) is 5.78 Å². The van der Waals surface area contributed by atoms with Crippen molar-refractivity contribution in [2.75, 3.05) is 0 Å².